The van der Waals surface area contributed by atoms with Crippen molar-refractivity contribution in [1.29, 1.82) is 0 Å². The third-order valence-electron chi connectivity index (χ3n) is 1.35. The predicted octanol–water partition coefficient (Wildman–Crippen LogP) is 2.12. The van der Waals surface area contributed by atoms with Gasteiger partial charge in [-0.15, -0.1) is 0 Å². The molecule has 1 N–H and O–H groups in total. The largest absolute Gasteiger partial charge is 0.379 e. The van der Waals surface area contributed by atoms with Crippen LogP contribution in [0.1, 0.15) is 40.5 Å². The van der Waals surface area contributed by atoms with Gasteiger partial charge < -0.3 is 4.74 Å². The Kier molecular flexibility index (Phi) is 7.23. The predicted molar refractivity (Wildman–Crippen MR) is 54.6 cm³/mol. The van der Waals surface area contributed by atoms with E-state index in [1.54, 1.807) is 0 Å². The number of hydroxylamine groups is 1. The van der Waals surface area contributed by atoms with Crippen molar-refractivity contribution in [2.24, 2.45) is 0 Å². The van der Waals surface area contributed by atoms with E-state index in [9.17, 15) is 0 Å². The van der Waals surface area contributed by atoms with Crippen LogP contribution in [0.2, 0.25) is 0 Å². The van der Waals surface area contributed by atoms with Crippen molar-refractivity contribution in [2.75, 3.05) is 19.8 Å². The molecule has 0 saturated carbocycles. The van der Waals surface area contributed by atoms with Gasteiger partial charge in [0.2, 0.25) is 0 Å². The average Bonchev–Trinajstić information content (AvgIpc) is 2.01. The zero-order valence-corrected chi connectivity index (χ0v) is 9.35. The zero-order chi connectivity index (χ0) is 10.2. The van der Waals surface area contributed by atoms with E-state index in [1.807, 2.05) is 0 Å². The van der Waals surface area contributed by atoms with Crippen LogP contribution < -0.4 is 5.48 Å². The van der Waals surface area contributed by atoms with Crippen molar-refractivity contribution in [1.82, 2.24) is 5.48 Å². The summed E-state index contributed by atoms with van der Waals surface area (Å²) < 4.78 is 5.32. The molecule has 0 spiro atoms. The highest BCUT2D eigenvalue weighted by Crippen LogP contribution is 1.97. The third kappa shape index (κ3) is 11.9. The summed E-state index contributed by atoms with van der Waals surface area (Å²) in [5, 5.41) is 0. The van der Waals surface area contributed by atoms with Crippen LogP contribution in [0.15, 0.2) is 0 Å². The molecule has 3 heteroatoms. The molecule has 0 heterocycles. The second-order valence-electron chi connectivity index (χ2n) is 4.17. The first-order chi connectivity index (χ1) is 6.06. The van der Waals surface area contributed by atoms with Gasteiger partial charge in [0.25, 0.3) is 0 Å². The lowest BCUT2D eigenvalue weighted by Gasteiger charge is -2.19. The van der Waals surface area contributed by atoms with E-state index in [1.165, 1.54) is 6.42 Å². The van der Waals surface area contributed by atoms with E-state index in [2.05, 4.69) is 33.2 Å². The molecule has 0 aliphatic carbocycles. The Hall–Kier alpha value is -0.120. The first-order valence-corrected chi connectivity index (χ1v) is 5.03. The van der Waals surface area contributed by atoms with Crippen LogP contribution in [0.4, 0.5) is 0 Å². The van der Waals surface area contributed by atoms with Gasteiger partial charge >= 0.3 is 0 Å². The van der Waals surface area contributed by atoms with Crippen LogP contribution in [0.3, 0.4) is 0 Å². The summed E-state index contributed by atoms with van der Waals surface area (Å²) in [6, 6.07) is 0. The first-order valence-electron chi connectivity index (χ1n) is 5.03. The van der Waals surface area contributed by atoms with E-state index in [0.29, 0.717) is 13.2 Å². The lowest BCUT2D eigenvalue weighted by Crippen LogP contribution is -2.36. The number of hydrogen-bond donors (Lipinski definition) is 1. The highest BCUT2D eigenvalue weighted by Gasteiger charge is 2.07. The molecule has 0 bridgehead atoms. The van der Waals surface area contributed by atoms with Crippen molar-refractivity contribution in [3.63, 3.8) is 0 Å². The Morgan fingerprint density at radius 3 is 2.31 bits per heavy atom. The van der Waals surface area contributed by atoms with E-state index < -0.39 is 0 Å². The summed E-state index contributed by atoms with van der Waals surface area (Å²) in [4.78, 5) is 5.20. The molecule has 3 nitrogen and oxygen atoms in total. The van der Waals surface area contributed by atoms with Gasteiger partial charge in [0.1, 0.15) is 0 Å². The monoisotopic (exact) mass is 189 g/mol. The molecule has 0 radical (unpaired) electrons. The molecule has 13 heavy (non-hydrogen) atoms. The van der Waals surface area contributed by atoms with E-state index in [-0.39, 0.29) is 5.54 Å². The molecule has 0 aliphatic rings. The number of hydrogen-bond acceptors (Lipinski definition) is 3. The maximum Gasteiger partial charge on any atom is 0.0916 e. The van der Waals surface area contributed by atoms with Crippen LogP contribution in [-0.4, -0.2) is 25.4 Å². The Labute approximate surface area is 81.8 Å². The van der Waals surface area contributed by atoms with Gasteiger partial charge in [-0.2, -0.15) is 5.48 Å². The third-order valence-corrected chi connectivity index (χ3v) is 1.35. The number of rotatable bonds is 7. The Balaban J connectivity index is 3.00. The van der Waals surface area contributed by atoms with Gasteiger partial charge in [-0.05, 0) is 27.2 Å². The smallest absolute Gasteiger partial charge is 0.0916 e. The van der Waals surface area contributed by atoms with Crippen molar-refractivity contribution >= 4 is 0 Å². The van der Waals surface area contributed by atoms with E-state index in [4.69, 9.17) is 9.57 Å². The Morgan fingerprint density at radius 2 is 1.77 bits per heavy atom. The summed E-state index contributed by atoms with van der Waals surface area (Å²) in [7, 11) is 0. The minimum Gasteiger partial charge on any atom is -0.379 e. The molecule has 0 unspecified atom stereocenters. The van der Waals surface area contributed by atoms with Crippen LogP contribution in [0, 0.1) is 0 Å². The van der Waals surface area contributed by atoms with Gasteiger partial charge in [-0.25, -0.2) is 0 Å². The van der Waals surface area contributed by atoms with Crippen LogP contribution >= 0.6 is 0 Å². The number of nitrogens with one attached hydrogen (secondary N) is 1. The van der Waals surface area contributed by atoms with Crippen LogP contribution in [0.25, 0.3) is 0 Å². The van der Waals surface area contributed by atoms with Gasteiger partial charge in [0.15, 0.2) is 0 Å². The quantitative estimate of drug-likeness (QED) is 0.491. The highest BCUT2D eigenvalue weighted by molar-refractivity contribution is 4.63. The van der Waals surface area contributed by atoms with Gasteiger partial charge in [-0.1, -0.05) is 13.3 Å². The molecule has 0 aromatic rings. The summed E-state index contributed by atoms with van der Waals surface area (Å²) in [5.74, 6) is 0. The molecular formula is C10H23NO2. The van der Waals surface area contributed by atoms with Crippen molar-refractivity contribution in [2.45, 2.75) is 46.1 Å². The lowest BCUT2D eigenvalue weighted by molar-refractivity contribution is -0.0364. The fourth-order valence-electron chi connectivity index (χ4n) is 0.717. The second kappa shape index (κ2) is 7.30. The SMILES string of the molecule is CCCCOCCONC(C)(C)C. The topological polar surface area (TPSA) is 30.5 Å². The minimum absolute atomic E-state index is 0.0173. The van der Waals surface area contributed by atoms with Crippen molar-refractivity contribution in [3.8, 4) is 0 Å². The molecule has 0 fully saturated rings. The Bertz CT molecular complexity index is 110. The second-order valence-corrected chi connectivity index (χ2v) is 4.17. The molecule has 0 aromatic heterocycles. The number of unbranched alkanes of at least 4 members (excludes halogenated alkanes) is 1. The van der Waals surface area contributed by atoms with E-state index >= 15 is 0 Å². The molecule has 0 amide bonds. The van der Waals surface area contributed by atoms with Crippen LogP contribution in [-0.2, 0) is 9.57 Å². The molecule has 0 saturated heterocycles. The summed E-state index contributed by atoms with van der Waals surface area (Å²) >= 11 is 0. The maximum atomic E-state index is 5.32. The average molecular weight is 189 g/mol. The standard InChI is InChI=1S/C10H23NO2/c1-5-6-7-12-8-9-13-11-10(2,3)4/h11H,5-9H2,1-4H3. The summed E-state index contributed by atoms with van der Waals surface area (Å²) in [5.41, 5.74) is 2.95. The highest BCUT2D eigenvalue weighted by atomic mass is 16.7. The molecular weight excluding hydrogens is 166 g/mol. The van der Waals surface area contributed by atoms with Crippen molar-refractivity contribution in [3.05, 3.63) is 0 Å². The van der Waals surface area contributed by atoms with E-state index in [0.717, 1.165) is 13.0 Å². The van der Waals surface area contributed by atoms with Gasteiger partial charge in [0, 0.05) is 12.1 Å². The van der Waals surface area contributed by atoms with Gasteiger partial charge in [0.05, 0.1) is 13.2 Å². The molecule has 80 valence electrons. The minimum atomic E-state index is 0.0173. The molecule has 0 aromatic carbocycles. The Morgan fingerprint density at radius 1 is 1.08 bits per heavy atom. The van der Waals surface area contributed by atoms with Gasteiger partial charge in [-0.3, -0.25) is 4.84 Å². The summed E-state index contributed by atoms with van der Waals surface area (Å²) in [6.07, 6.45) is 2.31. The normalized spacial score (nSPS) is 12.0. The summed E-state index contributed by atoms with van der Waals surface area (Å²) in [6.45, 7) is 10.5. The van der Waals surface area contributed by atoms with Crippen molar-refractivity contribution < 1.29 is 9.57 Å². The number of ether oxygens (including phenoxy) is 1. The maximum absolute atomic E-state index is 5.32. The lowest BCUT2D eigenvalue weighted by atomic mass is 10.1. The fraction of sp³-hybridized carbons (Fsp3) is 1.00. The molecule has 0 rings (SSSR count). The van der Waals surface area contributed by atoms with Crippen LogP contribution in [0.5, 0.6) is 0 Å². The zero-order valence-electron chi connectivity index (χ0n) is 9.35. The molecule has 0 atom stereocenters. The fourth-order valence-corrected chi connectivity index (χ4v) is 0.717. The molecule has 0 aliphatic heterocycles. The first kappa shape index (κ1) is 12.9.